The van der Waals surface area contributed by atoms with Gasteiger partial charge in [0.2, 0.25) is 5.91 Å². The summed E-state index contributed by atoms with van der Waals surface area (Å²) in [5.41, 5.74) is 1.41. The van der Waals surface area contributed by atoms with Gasteiger partial charge in [-0.15, -0.1) is 0 Å². The molecule has 1 saturated carbocycles. The van der Waals surface area contributed by atoms with E-state index in [-0.39, 0.29) is 35.7 Å². The molecule has 3 rings (SSSR count). The molecule has 0 aromatic heterocycles. The highest BCUT2D eigenvalue weighted by atomic mass is 16.2. The highest BCUT2D eigenvalue weighted by Gasteiger charge is 2.39. The zero-order chi connectivity index (χ0) is 19.1. The van der Waals surface area contributed by atoms with Crippen molar-refractivity contribution >= 4 is 23.4 Å². The van der Waals surface area contributed by atoms with Gasteiger partial charge in [-0.25, -0.2) is 0 Å². The Balaban J connectivity index is 1.86. The molecule has 6 nitrogen and oxygen atoms in total. The first kappa shape index (κ1) is 18.4. The van der Waals surface area contributed by atoms with Crippen LogP contribution in [-0.2, 0) is 4.79 Å². The van der Waals surface area contributed by atoms with Crippen LogP contribution in [-0.4, -0.2) is 42.3 Å². The summed E-state index contributed by atoms with van der Waals surface area (Å²) in [6.07, 6.45) is 3.27. The van der Waals surface area contributed by atoms with Crippen LogP contribution >= 0.6 is 0 Å². The fraction of sp³-hybridized carbons (Fsp3) is 0.550. The predicted octanol–water partition coefficient (Wildman–Crippen LogP) is 2.66. The molecule has 3 amide bonds. The maximum Gasteiger partial charge on any atom is 0.253 e. The quantitative estimate of drug-likeness (QED) is 0.854. The Bertz CT molecular complexity index is 751. The number of carbonyl (C=O) groups is 3. The highest BCUT2D eigenvalue weighted by Crippen LogP contribution is 2.41. The monoisotopic (exact) mass is 357 g/mol. The molecule has 2 aliphatic rings. The van der Waals surface area contributed by atoms with Crippen LogP contribution in [0.25, 0.3) is 0 Å². The summed E-state index contributed by atoms with van der Waals surface area (Å²) in [7, 11) is 1.86. The maximum atomic E-state index is 13.1. The summed E-state index contributed by atoms with van der Waals surface area (Å²) in [4.78, 5) is 38.7. The van der Waals surface area contributed by atoms with E-state index in [0.717, 1.165) is 19.3 Å². The highest BCUT2D eigenvalue weighted by molar-refractivity contribution is 6.09. The Morgan fingerprint density at radius 1 is 1.19 bits per heavy atom. The standard InChI is InChI=1S/C20H27N3O3/c1-20(2,3)14-6-5-7-16(14)23(4)19(26)12-8-9-13-15(10-12)22-17(24)11-21-18(13)25/h8-10,14,16H,5-7,11H2,1-4H3,(H,21,25)(H,22,24). The molecule has 1 heterocycles. The van der Waals surface area contributed by atoms with E-state index in [9.17, 15) is 14.4 Å². The summed E-state index contributed by atoms with van der Waals surface area (Å²) >= 11 is 0. The number of fused-ring (bicyclic) bond motifs is 1. The minimum atomic E-state index is -0.311. The van der Waals surface area contributed by atoms with E-state index < -0.39 is 0 Å². The fourth-order valence-corrected chi connectivity index (χ4v) is 4.20. The summed E-state index contributed by atoms with van der Waals surface area (Å²) < 4.78 is 0. The van der Waals surface area contributed by atoms with Gasteiger partial charge in [-0.2, -0.15) is 0 Å². The Labute approximate surface area is 154 Å². The van der Waals surface area contributed by atoms with Crippen molar-refractivity contribution in [2.45, 2.75) is 46.1 Å². The molecule has 26 heavy (non-hydrogen) atoms. The normalized spacial score (nSPS) is 22.9. The van der Waals surface area contributed by atoms with E-state index >= 15 is 0 Å². The van der Waals surface area contributed by atoms with Crippen LogP contribution in [0.2, 0.25) is 0 Å². The molecule has 1 aromatic carbocycles. The van der Waals surface area contributed by atoms with Gasteiger partial charge in [0.1, 0.15) is 0 Å². The van der Waals surface area contributed by atoms with Crippen LogP contribution in [0.3, 0.4) is 0 Å². The van der Waals surface area contributed by atoms with E-state index in [1.807, 2.05) is 11.9 Å². The fourth-order valence-electron chi connectivity index (χ4n) is 4.20. The van der Waals surface area contributed by atoms with Crippen molar-refractivity contribution in [1.82, 2.24) is 10.2 Å². The SMILES string of the molecule is CN(C(=O)c1ccc2c(c1)NC(=O)CNC2=O)C1CCCC1C(C)(C)C. The molecule has 0 bridgehead atoms. The van der Waals surface area contributed by atoms with Crippen molar-refractivity contribution in [3.63, 3.8) is 0 Å². The van der Waals surface area contributed by atoms with E-state index in [0.29, 0.717) is 22.7 Å². The number of amides is 3. The zero-order valence-electron chi connectivity index (χ0n) is 15.9. The lowest BCUT2D eigenvalue weighted by molar-refractivity contribution is -0.115. The Hall–Kier alpha value is -2.37. The van der Waals surface area contributed by atoms with E-state index in [4.69, 9.17) is 0 Å². The number of anilines is 1. The van der Waals surface area contributed by atoms with Crippen molar-refractivity contribution in [2.24, 2.45) is 11.3 Å². The average Bonchev–Trinajstić information content (AvgIpc) is 3.03. The van der Waals surface area contributed by atoms with E-state index in [1.165, 1.54) is 0 Å². The summed E-state index contributed by atoms with van der Waals surface area (Å²) in [5.74, 6) is -0.219. The summed E-state index contributed by atoms with van der Waals surface area (Å²) in [5, 5.41) is 5.24. The second-order valence-electron chi connectivity index (χ2n) is 8.38. The number of nitrogens with zero attached hydrogens (tertiary/aromatic N) is 1. The number of rotatable bonds is 2. The van der Waals surface area contributed by atoms with Crippen LogP contribution in [0.5, 0.6) is 0 Å². The van der Waals surface area contributed by atoms with E-state index in [1.54, 1.807) is 18.2 Å². The Kier molecular flexibility index (Phi) is 4.78. The van der Waals surface area contributed by atoms with Gasteiger partial charge >= 0.3 is 0 Å². The molecule has 6 heteroatoms. The third-order valence-corrected chi connectivity index (χ3v) is 5.60. The van der Waals surface area contributed by atoms with Gasteiger partial charge in [0.15, 0.2) is 0 Å². The maximum absolute atomic E-state index is 13.1. The van der Waals surface area contributed by atoms with Crippen molar-refractivity contribution in [3.8, 4) is 0 Å². The van der Waals surface area contributed by atoms with Crippen LogP contribution in [0.1, 0.15) is 60.7 Å². The number of nitrogens with one attached hydrogen (secondary N) is 2. The molecule has 2 atom stereocenters. The zero-order valence-corrected chi connectivity index (χ0v) is 15.9. The summed E-state index contributed by atoms with van der Waals surface area (Å²) in [6, 6.07) is 5.08. The third kappa shape index (κ3) is 3.45. The molecule has 1 aliphatic carbocycles. The minimum absolute atomic E-state index is 0.0635. The predicted molar refractivity (Wildman–Crippen MR) is 100 cm³/mol. The van der Waals surface area contributed by atoms with Crippen molar-refractivity contribution in [3.05, 3.63) is 29.3 Å². The van der Waals surface area contributed by atoms with Gasteiger partial charge in [-0.05, 0) is 42.4 Å². The molecule has 2 unspecified atom stereocenters. The molecule has 1 aromatic rings. The average molecular weight is 357 g/mol. The number of benzene rings is 1. The van der Waals surface area contributed by atoms with Gasteiger partial charge in [0, 0.05) is 18.7 Å². The van der Waals surface area contributed by atoms with Crippen molar-refractivity contribution in [2.75, 3.05) is 18.9 Å². The second-order valence-corrected chi connectivity index (χ2v) is 8.38. The van der Waals surface area contributed by atoms with Gasteiger partial charge in [-0.1, -0.05) is 27.2 Å². The van der Waals surface area contributed by atoms with E-state index in [2.05, 4.69) is 31.4 Å². The molecule has 0 spiro atoms. The second kappa shape index (κ2) is 6.74. The molecule has 140 valence electrons. The Morgan fingerprint density at radius 3 is 2.62 bits per heavy atom. The van der Waals surface area contributed by atoms with Crippen LogP contribution in [0, 0.1) is 11.3 Å². The topological polar surface area (TPSA) is 78.5 Å². The lowest BCUT2D eigenvalue weighted by Gasteiger charge is -2.37. The number of hydrogen-bond acceptors (Lipinski definition) is 3. The molecule has 1 fully saturated rings. The lowest BCUT2D eigenvalue weighted by atomic mass is 9.77. The first-order chi connectivity index (χ1) is 12.2. The van der Waals surface area contributed by atoms with Gasteiger partial charge in [-0.3, -0.25) is 14.4 Å². The summed E-state index contributed by atoms with van der Waals surface area (Å²) in [6.45, 7) is 6.62. The smallest absolute Gasteiger partial charge is 0.253 e. The van der Waals surface area contributed by atoms with Gasteiger partial charge in [0.05, 0.1) is 17.8 Å². The number of hydrogen-bond donors (Lipinski definition) is 2. The van der Waals surface area contributed by atoms with Crippen LogP contribution in [0.15, 0.2) is 18.2 Å². The van der Waals surface area contributed by atoms with Crippen molar-refractivity contribution < 1.29 is 14.4 Å². The first-order valence-electron chi connectivity index (χ1n) is 9.18. The molecular formula is C20H27N3O3. The molecule has 0 radical (unpaired) electrons. The molecular weight excluding hydrogens is 330 g/mol. The lowest BCUT2D eigenvalue weighted by Crippen LogP contribution is -2.43. The van der Waals surface area contributed by atoms with Crippen LogP contribution < -0.4 is 10.6 Å². The van der Waals surface area contributed by atoms with Crippen molar-refractivity contribution in [1.29, 1.82) is 0 Å². The van der Waals surface area contributed by atoms with Crippen LogP contribution in [0.4, 0.5) is 5.69 Å². The Morgan fingerprint density at radius 2 is 1.92 bits per heavy atom. The molecule has 1 aliphatic heterocycles. The largest absolute Gasteiger partial charge is 0.343 e. The minimum Gasteiger partial charge on any atom is -0.343 e. The molecule has 0 saturated heterocycles. The van der Waals surface area contributed by atoms with Gasteiger partial charge < -0.3 is 15.5 Å². The third-order valence-electron chi connectivity index (χ3n) is 5.60. The molecule has 2 N–H and O–H groups in total. The first-order valence-corrected chi connectivity index (χ1v) is 9.18. The van der Waals surface area contributed by atoms with Gasteiger partial charge in [0.25, 0.3) is 11.8 Å². The number of carbonyl (C=O) groups excluding carboxylic acids is 3.